The summed E-state index contributed by atoms with van der Waals surface area (Å²) in [4.78, 5) is 4.25. The maximum Gasteiger partial charge on any atom is 0.248 e. The van der Waals surface area contributed by atoms with Crippen molar-refractivity contribution >= 4 is 29.0 Å². The standard InChI is InChI=1S/C18H19N5S/c1-13-7-9-16(10-8-13)20-18(24)21-17-19-12-23(22-17)11-15-6-4-3-5-14(15)2/h3-10,12H,11H2,1-2H3,(H2,20,21,22,24). The van der Waals surface area contributed by atoms with Gasteiger partial charge in [0.1, 0.15) is 6.33 Å². The van der Waals surface area contributed by atoms with Crippen LogP contribution in [0.15, 0.2) is 54.9 Å². The maximum absolute atomic E-state index is 5.30. The Hall–Kier alpha value is -2.73. The largest absolute Gasteiger partial charge is 0.332 e. The second kappa shape index (κ2) is 7.23. The topological polar surface area (TPSA) is 54.8 Å². The summed E-state index contributed by atoms with van der Waals surface area (Å²) < 4.78 is 1.79. The van der Waals surface area contributed by atoms with Crippen LogP contribution in [0.25, 0.3) is 0 Å². The fourth-order valence-electron chi connectivity index (χ4n) is 2.29. The molecule has 0 aliphatic carbocycles. The number of rotatable bonds is 4. The molecular formula is C18H19N5S. The highest BCUT2D eigenvalue weighted by molar-refractivity contribution is 7.80. The van der Waals surface area contributed by atoms with Crippen LogP contribution in [0, 0.1) is 13.8 Å². The molecule has 0 saturated carbocycles. The van der Waals surface area contributed by atoms with E-state index in [1.165, 1.54) is 16.7 Å². The lowest BCUT2D eigenvalue weighted by Crippen LogP contribution is -2.20. The highest BCUT2D eigenvalue weighted by atomic mass is 32.1. The molecule has 0 atom stereocenters. The van der Waals surface area contributed by atoms with Crippen molar-refractivity contribution in [1.82, 2.24) is 14.8 Å². The molecule has 3 rings (SSSR count). The van der Waals surface area contributed by atoms with E-state index >= 15 is 0 Å². The average molecular weight is 337 g/mol. The van der Waals surface area contributed by atoms with Crippen LogP contribution >= 0.6 is 12.2 Å². The normalized spacial score (nSPS) is 10.4. The minimum Gasteiger partial charge on any atom is -0.332 e. The minimum absolute atomic E-state index is 0.465. The Labute approximate surface area is 146 Å². The van der Waals surface area contributed by atoms with E-state index in [4.69, 9.17) is 12.2 Å². The predicted octanol–water partition coefficient (Wildman–Crippen LogP) is 3.75. The molecule has 0 bridgehead atoms. The number of hydrogen-bond donors (Lipinski definition) is 2. The van der Waals surface area contributed by atoms with E-state index < -0.39 is 0 Å². The Morgan fingerprint density at radius 3 is 2.54 bits per heavy atom. The summed E-state index contributed by atoms with van der Waals surface area (Å²) in [5, 5.41) is 11.0. The predicted molar refractivity (Wildman–Crippen MR) is 101 cm³/mol. The lowest BCUT2D eigenvalue weighted by molar-refractivity contribution is 0.684. The number of hydrogen-bond acceptors (Lipinski definition) is 3. The summed E-state index contributed by atoms with van der Waals surface area (Å²) in [7, 11) is 0. The third-order valence-corrected chi connectivity index (χ3v) is 3.87. The zero-order chi connectivity index (χ0) is 16.9. The number of thiocarbonyl (C=S) groups is 1. The van der Waals surface area contributed by atoms with Crippen LogP contribution in [0.4, 0.5) is 11.6 Å². The van der Waals surface area contributed by atoms with E-state index in [1.54, 1.807) is 11.0 Å². The molecule has 0 radical (unpaired) electrons. The van der Waals surface area contributed by atoms with Crippen molar-refractivity contribution in [2.24, 2.45) is 0 Å². The van der Waals surface area contributed by atoms with Gasteiger partial charge in [0, 0.05) is 5.69 Å². The minimum atomic E-state index is 0.465. The average Bonchev–Trinajstić information content (AvgIpc) is 2.99. The molecule has 0 aliphatic rings. The van der Waals surface area contributed by atoms with Crippen LogP contribution in [0.5, 0.6) is 0 Å². The lowest BCUT2D eigenvalue weighted by Gasteiger charge is -2.08. The second-order valence-electron chi connectivity index (χ2n) is 5.64. The Bertz CT molecular complexity index is 839. The molecule has 0 fully saturated rings. The van der Waals surface area contributed by atoms with Gasteiger partial charge >= 0.3 is 0 Å². The highest BCUT2D eigenvalue weighted by Crippen LogP contribution is 2.11. The SMILES string of the molecule is Cc1ccc(NC(=S)Nc2ncn(Cc3ccccc3C)n2)cc1. The first-order valence-corrected chi connectivity index (χ1v) is 8.09. The Kier molecular flexibility index (Phi) is 4.86. The number of aromatic nitrogens is 3. The fraction of sp³-hybridized carbons (Fsp3) is 0.167. The molecule has 1 heterocycles. The summed E-state index contributed by atoms with van der Waals surface area (Å²) in [6.07, 6.45) is 1.70. The smallest absolute Gasteiger partial charge is 0.248 e. The molecule has 0 unspecified atom stereocenters. The quantitative estimate of drug-likeness (QED) is 0.710. The monoisotopic (exact) mass is 337 g/mol. The Morgan fingerprint density at radius 1 is 1.04 bits per heavy atom. The van der Waals surface area contributed by atoms with Gasteiger partial charge in [0.05, 0.1) is 6.54 Å². The molecule has 0 saturated heterocycles. The van der Waals surface area contributed by atoms with Crippen LogP contribution in [-0.4, -0.2) is 19.9 Å². The lowest BCUT2D eigenvalue weighted by atomic mass is 10.1. The van der Waals surface area contributed by atoms with Gasteiger partial charge < -0.3 is 5.32 Å². The summed E-state index contributed by atoms with van der Waals surface area (Å²) >= 11 is 5.30. The van der Waals surface area contributed by atoms with Gasteiger partial charge in [0.15, 0.2) is 5.11 Å². The van der Waals surface area contributed by atoms with Gasteiger partial charge in [-0.25, -0.2) is 9.67 Å². The third-order valence-electron chi connectivity index (χ3n) is 3.66. The molecule has 122 valence electrons. The van der Waals surface area contributed by atoms with Gasteiger partial charge in [-0.05, 0) is 49.3 Å². The van der Waals surface area contributed by atoms with Crippen molar-refractivity contribution in [1.29, 1.82) is 0 Å². The van der Waals surface area contributed by atoms with Crippen molar-refractivity contribution in [3.63, 3.8) is 0 Å². The molecule has 0 spiro atoms. The van der Waals surface area contributed by atoms with Gasteiger partial charge in [-0.2, -0.15) is 0 Å². The molecule has 0 aliphatic heterocycles. The molecule has 5 nitrogen and oxygen atoms in total. The van der Waals surface area contributed by atoms with E-state index in [9.17, 15) is 0 Å². The molecule has 6 heteroatoms. The van der Waals surface area contributed by atoms with Crippen molar-refractivity contribution in [2.45, 2.75) is 20.4 Å². The van der Waals surface area contributed by atoms with E-state index in [2.05, 4.69) is 39.8 Å². The molecule has 1 aromatic heterocycles. The fourth-order valence-corrected chi connectivity index (χ4v) is 2.50. The number of nitrogens with one attached hydrogen (secondary N) is 2. The molecule has 2 aromatic carbocycles. The molecule has 2 N–H and O–H groups in total. The maximum atomic E-state index is 5.30. The molecule has 0 amide bonds. The van der Waals surface area contributed by atoms with Gasteiger partial charge in [-0.3, -0.25) is 5.32 Å². The van der Waals surface area contributed by atoms with Gasteiger partial charge in [-0.1, -0.05) is 42.0 Å². The summed E-state index contributed by atoms with van der Waals surface area (Å²) in [6.45, 7) is 4.82. The number of nitrogens with zero attached hydrogens (tertiary/aromatic N) is 3. The third kappa shape index (κ3) is 4.17. The molecule has 24 heavy (non-hydrogen) atoms. The first-order chi connectivity index (χ1) is 11.6. The van der Waals surface area contributed by atoms with Crippen molar-refractivity contribution < 1.29 is 0 Å². The van der Waals surface area contributed by atoms with Crippen LogP contribution in [-0.2, 0) is 6.54 Å². The first kappa shape index (κ1) is 16.1. The molecular weight excluding hydrogens is 318 g/mol. The second-order valence-corrected chi connectivity index (χ2v) is 6.05. The van der Waals surface area contributed by atoms with Gasteiger partial charge in [-0.15, -0.1) is 5.10 Å². The van der Waals surface area contributed by atoms with Crippen LogP contribution < -0.4 is 10.6 Å². The van der Waals surface area contributed by atoms with Crippen LogP contribution in [0.3, 0.4) is 0 Å². The van der Waals surface area contributed by atoms with Crippen molar-refractivity contribution in [3.8, 4) is 0 Å². The highest BCUT2D eigenvalue weighted by Gasteiger charge is 2.05. The Balaban J connectivity index is 1.60. The summed E-state index contributed by atoms with van der Waals surface area (Å²) in [6, 6.07) is 16.3. The zero-order valence-corrected chi connectivity index (χ0v) is 14.5. The Morgan fingerprint density at radius 2 is 1.79 bits per heavy atom. The van der Waals surface area contributed by atoms with Crippen molar-refractivity contribution in [3.05, 3.63) is 71.5 Å². The number of benzene rings is 2. The van der Waals surface area contributed by atoms with Crippen LogP contribution in [0.2, 0.25) is 0 Å². The van der Waals surface area contributed by atoms with E-state index in [0.717, 1.165) is 5.69 Å². The van der Waals surface area contributed by atoms with E-state index in [0.29, 0.717) is 17.6 Å². The zero-order valence-electron chi connectivity index (χ0n) is 13.7. The van der Waals surface area contributed by atoms with Crippen molar-refractivity contribution in [2.75, 3.05) is 10.6 Å². The van der Waals surface area contributed by atoms with E-state index in [1.807, 2.05) is 43.3 Å². The van der Waals surface area contributed by atoms with E-state index in [-0.39, 0.29) is 0 Å². The number of anilines is 2. The van der Waals surface area contributed by atoms with Gasteiger partial charge in [0.25, 0.3) is 0 Å². The summed E-state index contributed by atoms with van der Waals surface area (Å²) in [5.74, 6) is 0.480. The summed E-state index contributed by atoms with van der Waals surface area (Å²) in [5.41, 5.74) is 4.59. The first-order valence-electron chi connectivity index (χ1n) is 7.69. The number of aryl methyl sites for hydroxylation is 2. The van der Waals surface area contributed by atoms with Gasteiger partial charge in [0.2, 0.25) is 5.95 Å². The molecule has 3 aromatic rings. The van der Waals surface area contributed by atoms with Crippen LogP contribution in [0.1, 0.15) is 16.7 Å².